The van der Waals surface area contributed by atoms with Crippen LogP contribution in [0.25, 0.3) is 0 Å². The van der Waals surface area contributed by atoms with Crippen LogP contribution in [0, 0.1) is 6.92 Å². The number of ether oxygens (including phenoxy) is 1. The van der Waals surface area contributed by atoms with E-state index < -0.39 is 0 Å². The van der Waals surface area contributed by atoms with Crippen molar-refractivity contribution in [3.05, 3.63) is 18.0 Å². The van der Waals surface area contributed by atoms with Gasteiger partial charge in [0, 0.05) is 45.6 Å². The topological polar surface area (TPSA) is 63.5 Å². The summed E-state index contributed by atoms with van der Waals surface area (Å²) in [6, 6.07) is 0. The molecule has 0 unspecified atom stereocenters. The van der Waals surface area contributed by atoms with E-state index in [9.17, 15) is 0 Å². The molecule has 0 spiro atoms. The van der Waals surface area contributed by atoms with Crippen molar-refractivity contribution >= 4 is 5.96 Å². The average molecular weight is 295 g/mol. The Morgan fingerprint density at radius 2 is 2.19 bits per heavy atom. The molecule has 0 saturated carbocycles. The van der Waals surface area contributed by atoms with E-state index in [1.54, 1.807) is 0 Å². The van der Waals surface area contributed by atoms with E-state index in [0.717, 1.165) is 58.2 Å². The molecule has 0 aromatic carbocycles. The molecule has 6 heteroatoms. The van der Waals surface area contributed by atoms with Crippen LogP contribution in [0.15, 0.2) is 17.4 Å². The highest BCUT2D eigenvalue weighted by Gasteiger charge is 1.97. The molecule has 0 bridgehead atoms. The van der Waals surface area contributed by atoms with Crippen LogP contribution in [0.2, 0.25) is 0 Å². The van der Waals surface area contributed by atoms with E-state index in [0.29, 0.717) is 0 Å². The largest absolute Gasteiger partial charge is 0.382 e. The molecule has 120 valence electrons. The van der Waals surface area contributed by atoms with Crippen molar-refractivity contribution in [2.45, 2.75) is 40.2 Å². The van der Waals surface area contributed by atoms with Crippen LogP contribution in [0.5, 0.6) is 0 Å². The van der Waals surface area contributed by atoms with Gasteiger partial charge in [0.05, 0.1) is 6.20 Å². The SMILES string of the molecule is CCNC(=NCCCn1cc(C)cn1)NCCCOCC. The molecule has 0 aliphatic carbocycles. The molecular weight excluding hydrogens is 266 g/mol. The number of guanidine groups is 1. The number of aromatic nitrogens is 2. The minimum absolute atomic E-state index is 0.779. The van der Waals surface area contributed by atoms with Crippen LogP contribution in [-0.2, 0) is 11.3 Å². The summed E-state index contributed by atoms with van der Waals surface area (Å²) in [7, 11) is 0. The second-order valence-corrected chi connectivity index (χ2v) is 4.87. The lowest BCUT2D eigenvalue weighted by atomic mass is 10.4. The van der Waals surface area contributed by atoms with Gasteiger partial charge in [-0.05, 0) is 39.2 Å². The van der Waals surface area contributed by atoms with Gasteiger partial charge in [0.25, 0.3) is 0 Å². The summed E-state index contributed by atoms with van der Waals surface area (Å²) in [6.07, 6.45) is 5.91. The zero-order valence-electron chi connectivity index (χ0n) is 13.6. The van der Waals surface area contributed by atoms with Crippen LogP contribution in [0.4, 0.5) is 0 Å². The van der Waals surface area contributed by atoms with Gasteiger partial charge in [-0.3, -0.25) is 9.67 Å². The highest BCUT2D eigenvalue weighted by atomic mass is 16.5. The number of aryl methyl sites for hydroxylation is 2. The number of hydrogen-bond donors (Lipinski definition) is 2. The maximum absolute atomic E-state index is 5.31. The Hall–Kier alpha value is -1.56. The van der Waals surface area contributed by atoms with Crippen LogP contribution >= 0.6 is 0 Å². The van der Waals surface area contributed by atoms with Gasteiger partial charge in [-0.1, -0.05) is 0 Å². The van der Waals surface area contributed by atoms with Gasteiger partial charge in [-0.25, -0.2) is 0 Å². The summed E-state index contributed by atoms with van der Waals surface area (Å²) < 4.78 is 7.28. The van der Waals surface area contributed by atoms with Gasteiger partial charge in [0.1, 0.15) is 0 Å². The summed E-state index contributed by atoms with van der Waals surface area (Å²) in [6.45, 7) is 11.2. The lowest BCUT2D eigenvalue weighted by Gasteiger charge is -2.11. The summed E-state index contributed by atoms with van der Waals surface area (Å²) in [5.41, 5.74) is 1.20. The van der Waals surface area contributed by atoms with Crippen molar-refractivity contribution in [1.29, 1.82) is 0 Å². The summed E-state index contributed by atoms with van der Waals surface area (Å²) in [5, 5.41) is 10.8. The molecule has 0 radical (unpaired) electrons. The summed E-state index contributed by atoms with van der Waals surface area (Å²) in [4.78, 5) is 4.57. The highest BCUT2D eigenvalue weighted by molar-refractivity contribution is 5.79. The third kappa shape index (κ3) is 8.34. The minimum Gasteiger partial charge on any atom is -0.382 e. The quantitative estimate of drug-likeness (QED) is 0.391. The van der Waals surface area contributed by atoms with Crippen LogP contribution in [0.3, 0.4) is 0 Å². The van der Waals surface area contributed by atoms with Crippen molar-refractivity contribution in [2.24, 2.45) is 4.99 Å². The van der Waals surface area contributed by atoms with Crippen molar-refractivity contribution in [3.63, 3.8) is 0 Å². The number of nitrogens with zero attached hydrogens (tertiary/aromatic N) is 3. The first-order valence-corrected chi connectivity index (χ1v) is 7.85. The Morgan fingerprint density at radius 3 is 2.86 bits per heavy atom. The van der Waals surface area contributed by atoms with Crippen LogP contribution < -0.4 is 10.6 Å². The first-order chi connectivity index (χ1) is 10.3. The maximum Gasteiger partial charge on any atom is 0.191 e. The molecule has 2 N–H and O–H groups in total. The zero-order valence-corrected chi connectivity index (χ0v) is 13.6. The fourth-order valence-corrected chi connectivity index (χ4v) is 1.88. The molecule has 0 atom stereocenters. The Morgan fingerprint density at radius 1 is 1.33 bits per heavy atom. The predicted molar refractivity (Wildman–Crippen MR) is 86.7 cm³/mol. The first kappa shape index (κ1) is 17.5. The standard InChI is InChI=1S/C15H29N5O/c1-4-16-15(18-9-7-11-21-5-2)17-8-6-10-20-13-14(3)12-19-20/h12-13H,4-11H2,1-3H3,(H2,16,17,18). The van der Waals surface area contributed by atoms with Gasteiger partial charge in [-0.2, -0.15) is 5.10 Å². The molecule has 1 rings (SSSR count). The van der Waals surface area contributed by atoms with Crippen molar-refractivity contribution in [1.82, 2.24) is 20.4 Å². The molecule has 0 amide bonds. The molecule has 6 nitrogen and oxygen atoms in total. The van der Waals surface area contributed by atoms with E-state index in [1.165, 1.54) is 5.56 Å². The van der Waals surface area contributed by atoms with E-state index in [2.05, 4.69) is 40.8 Å². The predicted octanol–water partition coefficient (Wildman–Crippen LogP) is 1.56. The molecule has 0 aliphatic heterocycles. The second-order valence-electron chi connectivity index (χ2n) is 4.87. The third-order valence-corrected chi connectivity index (χ3v) is 2.88. The van der Waals surface area contributed by atoms with Crippen molar-refractivity contribution < 1.29 is 4.74 Å². The van der Waals surface area contributed by atoms with Gasteiger partial charge < -0.3 is 15.4 Å². The molecule has 1 heterocycles. The smallest absolute Gasteiger partial charge is 0.191 e. The molecule has 1 aromatic rings. The summed E-state index contributed by atoms with van der Waals surface area (Å²) >= 11 is 0. The maximum atomic E-state index is 5.31. The molecule has 0 aliphatic rings. The number of hydrogen-bond acceptors (Lipinski definition) is 3. The monoisotopic (exact) mass is 295 g/mol. The molecule has 21 heavy (non-hydrogen) atoms. The molecule has 0 saturated heterocycles. The molecule has 0 fully saturated rings. The van der Waals surface area contributed by atoms with Gasteiger partial charge in [-0.15, -0.1) is 0 Å². The Balaban J connectivity index is 2.20. The molecular formula is C15H29N5O. The van der Waals surface area contributed by atoms with E-state index >= 15 is 0 Å². The number of aliphatic imine (C=N–C) groups is 1. The number of rotatable bonds is 10. The molecule has 1 aromatic heterocycles. The second kappa shape index (κ2) is 11.1. The Bertz CT molecular complexity index is 403. The Kier molecular flexibility index (Phi) is 9.28. The van der Waals surface area contributed by atoms with E-state index in [1.807, 2.05) is 17.8 Å². The van der Waals surface area contributed by atoms with Gasteiger partial charge >= 0.3 is 0 Å². The Labute approximate surface area is 128 Å². The van der Waals surface area contributed by atoms with Crippen molar-refractivity contribution in [3.8, 4) is 0 Å². The van der Waals surface area contributed by atoms with E-state index in [-0.39, 0.29) is 0 Å². The minimum atomic E-state index is 0.779. The average Bonchev–Trinajstić information content (AvgIpc) is 2.88. The number of nitrogens with one attached hydrogen (secondary N) is 2. The highest BCUT2D eigenvalue weighted by Crippen LogP contribution is 1.96. The van der Waals surface area contributed by atoms with Gasteiger partial charge in [0.2, 0.25) is 0 Å². The lowest BCUT2D eigenvalue weighted by Crippen LogP contribution is -2.38. The van der Waals surface area contributed by atoms with Crippen molar-refractivity contribution in [2.75, 3.05) is 32.8 Å². The van der Waals surface area contributed by atoms with Gasteiger partial charge in [0.15, 0.2) is 5.96 Å². The fraction of sp³-hybridized carbons (Fsp3) is 0.733. The third-order valence-electron chi connectivity index (χ3n) is 2.88. The lowest BCUT2D eigenvalue weighted by molar-refractivity contribution is 0.145. The first-order valence-electron chi connectivity index (χ1n) is 7.85. The zero-order chi connectivity index (χ0) is 15.3. The van der Waals surface area contributed by atoms with Crippen LogP contribution in [0.1, 0.15) is 32.3 Å². The fourth-order valence-electron chi connectivity index (χ4n) is 1.88. The normalized spacial score (nSPS) is 11.7. The summed E-state index contributed by atoms with van der Waals surface area (Å²) in [5.74, 6) is 0.880. The van der Waals surface area contributed by atoms with Crippen LogP contribution in [-0.4, -0.2) is 48.6 Å². The van der Waals surface area contributed by atoms with E-state index in [4.69, 9.17) is 4.74 Å².